The molecule has 1 fully saturated rings. The van der Waals surface area contributed by atoms with Crippen molar-refractivity contribution in [2.24, 2.45) is 0 Å². The van der Waals surface area contributed by atoms with Crippen LogP contribution in [0.3, 0.4) is 0 Å². The monoisotopic (exact) mass is 374 g/mol. The van der Waals surface area contributed by atoms with Gasteiger partial charge in [-0.05, 0) is 36.8 Å². The Morgan fingerprint density at radius 1 is 0.964 bits per heavy atom. The molecule has 1 aliphatic rings. The van der Waals surface area contributed by atoms with Crippen LogP contribution < -0.4 is 4.90 Å². The van der Waals surface area contributed by atoms with Gasteiger partial charge < -0.3 is 14.4 Å². The Morgan fingerprint density at radius 2 is 1.68 bits per heavy atom. The van der Waals surface area contributed by atoms with Crippen molar-refractivity contribution in [3.05, 3.63) is 84.3 Å². The summed E-state index contributed by atoms with van der Waals surface area (Å²) in [6, 6.07) is 18.5. The summed E-state index contributed by atoms with van der Waals surface area (Å²) in [5.74, 6) is 1.19. The summed E-state index contributed by atoms with van der Waals surface area (Å²) in [5, 5.41) is 0. The van der Waals surface area contributed by atoms with Gasteiger partial charge in [0.1, 0.15) is 5.82 Å². The number of carbonyl (C=O) groups is 1. The Kier molecular flexibility index (Phi) is 5.42. The molecule has 0 saturated carbocycles. The SMILES string of the molecule is Cc1ccc([C@@H](CC(=O)N2CCN(c3ccccn3)CC2)n2cccc2)cc1. The highest BCUT2D eigenvalue weighted by molar-refractivity contribution is 5.77. The third kappa shape index (κ3) is 4.09. The van der Waals surface area contributed by atoms with Gasteiger partial charge in [-0.3, -0.25) is 4.79 Å². The topological polar surface area (TPSA) is 41.4 Å². The standard InChI is InChI=1S/C23H26N4O/c1-19-7-9-20(10-8-19)21(25-12-4-5-13-25)18-23(28)27-16-14-26(15-17-27)22-6-2-3-11-24-22/h2-13,21H,14-18H2,1H3/t21-/m1/s1. The van der Waals surface area contributed by atoms with E-state index in [9.17, 15) is 4.79 Å². The fourth-order valence-electron chi connectivity index (χ4n) is 3.76. The lowest BCUT2D eigenvalue weighted by Crippen LogP contribution is -2.49. The molecule has 1 aromatic carbocycles. The second-order valence-electron chi connectivity index (χ2n) is 7.32. The second-order valence-corrected chi connectivity index (χ2v) is 7.32. The lowest BCUT2D eigenvalue weighted by molar-refractivity contribution is -0.132. The van der Waals surface area contributed by atoms with Crippen LogP contribution in [0.4, 0.5) is 5.82 Å². The maximum absolute atomic E-state index is 13.1. The molecule has 3 heterocycles. The third-order valence-electron chi connectivity index (χ3n) is 5.42. The molecule has 5 nitrogen and oxygen atoms in total. The molecule has 1 amide bonds. The van der Waals surface area contributed by atoms with Crippen LogP contribution in [0.2, 0.25) is 0 Å². The van der Waals surface area contributed by atoms with Gasteiger partial charge in [0.15, 0.2) is 0 Å². The number of carbonyl (C=O) groups excluding carboxylic acids is 1. The van der Waals surface area contributed by atoms with Crippen molar-refractivity contribution in [3.8, 4) is 0 Å². The van der Waals surface area contributed by atoms with Crippen LogP contribution in [-0.2, 0) is 4.79 Å². The summed E-state index contributed by atoms with van der Waals surface area (Å²) in [5.41, 5.74) is 2.40. The van der Waals surface area contributed by atoms with E-state index < -0.39 is 0 Å². The van der Waals surface area contributed by atoms with Gasteiger partial charge in [0, 0.05) is 44.8 Å². The maximum Gasteiger partial charge on any atom is 0.225 e. The third-order valence-corrected chi connectivity index (χ3v) is 5.42. The fraction of sp³-hybridized carbons (Fsp3) is 0.304. The highest BCUT2D eigenvalue weighted by Gasteiger charge is 2.25. The zero-order chi connectivity index (χ0) is 19.3. The van der Waals surface area contributed by atoms with Crippen molar-refractivity contribution in [1.82, 2.24) is 14.5 Å². The molecule has 3 aromatic rings. The summed E-state index contributed by atoms with van der Waals surface area (Å²) in [6.45, 7) is 5.20. The Balaban J connectivity index is 1.43. The van der Waals surface area contributed by atoms with E-state index in [-0.39, 0.29) is 11.9 Å². The molecule has 1 aliphatic heterocycles. The normalized spacial score (nSPS) is 15.5. The highest BCUT2D eigenvalue weighted by atomic mass is 16.2. The number of amides is 1. The van der Waals surface area contributed by atoms with E-state index >= 15 is 0 Å². The first kappa shape index (κ1) is 18.3. The number of nitrogens with zero attached hydrogens (tertiary/aromatic N) is 4. The van der Waals surface area contributed by atoms with Crippen molar-refractivity contribution >= 4 is 11.7 Å². The summed E-state index contributed by atoms with van der Waals surface area (Å²) in [4.78, 5) is 21.7. The average molecular weight is 374 g/mol. The van der Waals surface area contributed by atoms with Crippen LogP contribution in [-0.4, -0.2) is 46.5 Å². The largest absolute Gasteiger partial charge is 0.353 e. The molecule has 0 aliphatic carbocycles. The van der Waals surface area contributed by atoms with E-state index in [1.165, 1.54) is 11.1 Å². The molecule has 0 N–H and O–H groups in total. The quantitative estimate of drug-likeness (QED) is 0.686. The molecule has 0 spiro atoms. The van der Waals surface area contributed by atoms with Crippen LogP contribution in [0, 0.1) is 6.92 Å². The molecular weight excluding hydrogens is 348 g/mol. The van der Waals surface area contributed by atoms with Crippen molar-refractivity contribution in [2.45, 2.75) is 19.4 Å². The van der Waals surface area contributed by atoms with Crippen molar-refractivity contribution in [2.75, 3.05) is 31.1 Å². The van der Waals surface area contributed by atoms with E-state index in [0.29, 0.717) is 6.42 Å². The van der Waals surface area contributed by atoms with Gasteiger partial charge in [-0.2, -0.15) is 0 Å². The lowest BCUT2D eigenvalue weighted by Gasteiger charge is -2.36. The molecule has 144 valence electrons. The number of pyridine rings is 1. The number of rotatable bonds is 5. The molecular formula is C23H26N4O. The first-order valence-corrected chi connectivity index (χ1v) is 9.83. The average Bonchev–Trinajstić information content (AvgIpc) is 3.28. The number of anilines is 1. The molecule has 2 aromatic heterocycles. The Labute approximate surface area is 166 Å². The smallest absolute Gasteiger partial charge is 0.225 e. The van der Waals surface area contributed by atoms with Gasteiger partial charge in [-0.25, -0.2) is 4.98 Å². The van der Waals surface area contributed by atoms with Gasteiger partial charge >= 0.3 is 0 Å². The van der Waals surface area contributed by atoms with Gasteiger partial charge in [-0.15, -0.1) is 0 Å². The predicted molar refractivity (Wildman–Crippen MR) is 111 cm³/mol. The van der Waals surface area contributed by atoms with E-state index in [0.717, 1.165) is 32.0 Å². The molecule has 4 rings (SSSR count). The Hall–Kier alpha value is -3.08. The van der Waals surface area contributed by atoms with Gasteiger partial charge in [0.25, 0.3) is 0 Å². The zero-order valence-corrected chi connectivity index (χ0v) is 16.2. The minimum atomic E-state index is 0.0249. The number of hydrogen-bond donors (Lipinski definition) is 0. The van der Waals surface area contributed by atoms with Crippen LogP contribution in [0.1, 0.15) is 23.6 Å². The van der Waals surface area contributed by atoms with E-state index in [1.807, 2.05) is 53.8 Å². The molecule has 5 heteroatoms. The van der Waals surface area contributed by atoms with Gasteiger partial charge in [0.2, 0.25) is 5.91 Å². The Morgan fingerprint density at radius 3 is 2.32 bits per heavy atom. The first-order valence-electron chi connectivity index (χ1n) is 9.83. The van der Waals surface area contributed by atoms with Crippen molar-refractivity contribution in [3.63, 3.8) is 0 Å². The molecule has 0 bridgehead atoms. The number of hydrogen-bond acceptors (Lipinski definition) is 3. The van der Waals surface area contributed by atoms with Crippen molar-refractivity contribution < 1.29 is 4.79 Å². The van der Waals surface area contributed by atoms with E-state index in [2.05, 4.69) is 45.6 Å². The number of aryl methyl sites for hydroxylation is 1. The predicted octanol–water partition coefficient (Wildman–Crippen LogP) is 3.52. The van der Waals surface area contributed by atoms with Crippen LogP contribution in [0.25, 0.3) is 0 Å². The summed E-state index contributed by atoms with van der Waals surface area (Å²) >= 11 is 0. The zero-order valence-electron chi connectivity index (χ0n) is 16.2. The molecule has 28 heavy (non-hydrogen) atoms. The summed E-state index contributed by atoms with van der Waals surface area (Å²) < 4.78 is 2.13. The number of piperazine rings is 1. The van der Waals surface area contributed by atoms with Crippen LogP contribution in [0.5, 0.6) is 0 Å². The van der Waals surface area contributed by atoms with Crippen molar-refractivity contribution in [1.29, 1.82) is 0 Å². The molecule has 0 radical (unpaired) electrons. The highest BCUT2D eigenvalue weighted by Crippen LogP contribution is 2.24. The first-order chi connectivity index (χ1) is 13.7. The van der Waals surface area contributed by atoms with Gasteiger partial charge in [-0.1, -0.05) is 35.9 Å². The molecule has 1 atom stereocenters. The van der Waals surface area contributed by atoms with E-state index in [4.69, 9.17) is 0 Å². The second kappa shape index (κ2) is 8.30. The minimum Gasteiger partial charge on any atom is -0.353 e. The van der Waals surface area contributed by atoms with Crippen LogP contribution in [0.15, 0.2) is 73.2 Å². The van der Waals surface area contributed by atoms with E-state index in [1.54, 1.807) is 0 Å². The fourth-order valence-corrected chi connectivity index (χ4v) is 3.76. The molecule has 1 saturated heterocycles. The number of aromatic nitrogens is 2. The Bertz CT molecular complexity index is 882. The molecule has 0 unspecified atom stereocenters. The number of benzene rings is 1. The summed E-state index contributed by atoms with van der Waals surface area (Å²) in [7, 11) is 0. The van der Waals surface area contributed by atoms with Gasteiger partial charge in [0.05, 0.1) is 12.5 Å². The van der Waals surface area contributed by atoms with Crippen LogP contribution >= 0.6 is 0 Å². The summed E-state index contributed by atoms with van der Waals surface area (Å²) in [6.07, 6.45) is 6.37. The minimum absolute atomic E-state index is 0.0249. The maximum atomic E-state index is 13.1. The lowest BCUT2D eigenvalue weighted by atomic mass is 10.0.